The van der Waals surface area contributed by atoms with Crippen LogP contribution in [0, 0.1) is 5.92 Å². The minimum atomic E-state index is 0.193. The fraction of sp³-hybridized carbons (Fsp3) is 0.909. The minimum absolute atomic E-state index is 0.193. The van der Waals surface area contributed by atoms with Crippen LogP contribution >= 0.6 is 0 Å². The van der Waals surface area contributed by atoms with Gasteiger partial charge in [-0.3, -0.25) is 4.79 Å². The molecular formula is C11H21NO. The largest absolute Gasteiger partial charge is 0.353 e. The third kappa shape index (κ3) is 3.37. The summed E-state index contributed by atoms with van der Waals surface area (Å²) < 4.78 is 0. The van der Waals surface area contributed by atoms with Crippen molar-refractivity contribution in [2.24, 2.45) is 5.92 Å². The summed E-state index contributed by atoms with van der Waals surface area (Å²) in [6.45, 7) is 4.05. The van der Waals surface area contributed by atoms with E-state index >= 15 is 0 Å². The van der Waals surface area contributed by atoms with Crippen molar-refractivity contribution in [2.45, 2.75) is 58.4 Å². The molecule has 0 unspecified atom stereocenters. The van der Waals surface area contributed by atoms with E-state index in [9.17, 15) is 4.79 Å². The average Bonchev–Trinajstić information content (AvgIpc) is 2.19. The number of rotatable bonds is 3. The lowest BCUT2D eigenvalue weighted by atomic mass is 9.84. The Bertz CT molecular complexity index is 161. The summed E-state index contributed by atoms with van der Waals surface area (Å²) in [5.41, 5.74) is 0. The van der Waals surface area contributed by atoms with Crippen LogP contribution in [-0.4, -0.2) is 11.9 Å². The van der Waals surface area contributed by atoms with Crippen molar-refractivity contribution in [2.75, 3.05) is 0 Å². The van der Waals surface area contributed by atoms with Crippen molar-refractivity contribution in [1.82, 2.24) is 5.32 Å². The third-order valence-electron chi connectivity index (χ3n) is 3.07. The van der Waals surface area contributed by atoms with E-state index in [0.717, 1.165) is 5.92 Å². The summed E-state index contributed by atoms with van der Waals surface area (Å²) in [5, 5.41) is 3.06. The Morgan fingerprint density at radius 1 is 1.38 bits per heavy atom. The second kappa shape index (κ2) is 5.25. The molecule has 0 saturated heterocycles. The molecule has 2 nitrogen and oxygen atoms in total. The quantitative estimate of drug-likeness (QED) is 0.715. The first-order valence-corrected chi connectivity index (χ1v) is 5.53. The van der Waals surface area contributed by atoms with Crippen LogP contribution in [0.15, 0.2) is 0 Å². The van der Waals surface area contributed by atoms with Crippen LogP contribution in [-0.2, 0) is 4.79 Å². The maximum Gasteiger partial charge on any atom is 0.219 e. The van der Waals surface area contributed by atoms with Crippen molar-refractivity contribution in [3.05, 3.63) is 0 Å². The molecule has 1 aliphatic rings. The highest BCUT2D eigenvalue weighted by Crippen LogP contribution is 2.26. The molecule has 1 rings (SSSR count). The number of carbonyl (C=O) groups is 1. The van der Waals surface area contributed by atoms with Crippen LogP contribution in [0.2, 0.25) is 0 Å². The number of nitrogens with one attached hydrogen (secondary N) is 1. The first-order valence-electron chi connectivity index (χ1n) is 5.53. The van der Waals surface area contributed by atoms with Gasteiger partial charge in [-0.1, -0.05) is 26.2 Å². The molecule has 0 spiro atoms. The number of hydrogen-bond donors (Lipinski definition) is 1. The summed E-state index contributed by atoms with van der Waals surface area (Å²) in [6.07, 6.45) is 7.27. The van der Waals surface area contributed by atoms with Gasteiger partial charge in [-0.25, -0.2) is 0 Å². The van der Waals surface area contributed by atoms with E-state index in [4.69, 9.17) is 0 Å². The van der Waals surface area contributed by atoms with Crippen molar-refractivity contribution in [3.8, 4) is 0 Å². The van der Waals surface area contributed by atoms with Crippen LogP contribution < -0.4 is 5.32 Å². The van der Waals surface area contributed by atoms with Gasteiger partial charge in [-0.05, 0) is 25.7 Å². The molecule has 1 aliphatic carbocycles. The Kier molecular flexibility index (Phi) is 4.26. The van der Waals surface area contributed by atoms with Gasteiger partial charge in [0, 0.05) is 12.5 Å². The molecule has 0 heterocycles. The maximum atomic E-state index is 11.2. The monoisotopic (exact) mass is 183 g/mol. The zero-order chi connectivity index (χ0) is 9.68. The summed E-state index contributed by atoms with van der Waals surface area (Å²) in [4.78, 5) is 11.2. The van der Waals surface area contributed by atoms with Crippen LogP contribution in [0.3, 0.4) is 0 Å². The highest BCUT2D eigenvalue weighted by molar-refractivity contribution is 5.75. The first kappa shape index (κ1) is 10.6. The third-order valence-corrected chi connectivity index (χ3v) is 3.07. The Labute approximate surface area is 81.1 Å². The number of carbonyl (C=O) groups excluding carboxylic acids is 1. The second-order valence-corrected chi connectivity index (χ2v) is 4.11. The topological polar surface area (TPSA) is 29.1 Å². The highest BCUT2D eigenvalue weighted by atomic mass is 16.1. The molecule has 1 atom stereocenters. The molecule has 1 saturated carbocycles. The fourth-order valence-corrected chi connectivity index (χ4v) is 2.11. The maximum absolute atomic E-state index is 11.2. The number of hydrogen-bond acceptors (Lipinski definition) is 1. The van der Waals surface area contributed by atoms with Crippen LogP contribution in [0.4, 0.5) is 0 Å². The molecule has 13 heavy (non-hydrogen) atoms. The molecule has 1 amide bonds. The molecule has 0 radical (unpaired) electrons. The van der Waals surface area contributed by atoms with Gasteiger partial charge in [-0.2, -0.15) is 0 Å². The SMILES string of the molecule is CCC(=O)N[C@H](C)C1CCCCC1. The smallest absolute Gasteiger partial charge is 0.219 e. The van der Waals surface area contributed by atoms with Gasteiger partial charge in [-0.15, -0.1) is 0 Å². The molecule has 1 fully saturated rings. The van der Waals surface area contributed by atoms with Gasteiger partial charge in [0.15, 0.2) is 0 Å². The molecule has 0 aromatic carbocycles. The van der Waals surface area contributed by atoms with Crippen LogP contribution in [0.5, 0.6) is 0 Å². The zero-order valence-corrected chi connectivity index (χ0v) is 8.81. The summed E-state index contributed by atoms with van der Waals surface area (Å²) in [6, 6.07) is 0.382. The van der Waals surface area contributed by atoms with Crippen molar-refractivity contribution < 1.29 is 4.79 Å². The van der Waals surface area contributed by atoms with Gasteiger partial charge >= 0.3 is 0 Å². The van der Waals surface area contributed by atoms with Gasteiger partial charge < -0.3 is 5.32 Å². The van der Waals surface area contributed by atoms with Gasteiger partial charge in [0.25, 0.3) is 0 Å². The minimum Gasteiger partial charge on any atom is -0.353 e. The Balaban J connectivity index is 2.28. The standard InChI is InChI=1S/C11H21NO/c1-3-11(13)12-9(2)10-7-5-4-6-8-10/h9-10H,3-8H2,1-2H3,(H,12,13)/t9-/m1/s1. The van der Waals surface area contributed by atoms with Crippen LogP contribution in [0.1, 0.15) is 52.4 Å². The molecule has 0 aromatic rings. The summed E-state index contributed by atoms with van der Waals surface area (Å²) >= 11 is 0. The van der Waals surface area contributed by atoms with Crippen LogP contribution in [0.25, 0.3) is 0 Å². The molecular weight excluding hydrogens is 162 g/mol. The zero-order valence-electron chi connectivity index (χ0n) is 8.81. The van der Waals surface area contributed by atoms with Gasteiger partial charge in [0.05, 0.1) is 0 Å². The average molecular weight is 183 g/mol. The van der Waals surface area contributed by atoms with Crippen molar-refractivity contribution >= 4 is 5.91 Å². The van der Waals surface area contributed by atoms with Crippen molar-refractivity contribution in [3.63, 3.8) is 0 Å². The molecule has 0 bridgehead atoms. The van der Waals surface area contributed by atoms with E-state index in [1.807, 2.05) is 6.92 Å². The van der Waals surface area contributed by atoms with E-state index in [1.165, 1.54) is 32.1 Å². The normalized spacial score (nSPS) is 21.1. The highest BCUT2D eigenvalue weighted by Gasteiger charge is 2.20. The predicted octanol–water partition coefficient (Wildman–Crippen LogP) is 2.48. The Hall–Kier alpha value is -0.530. The van der Waals surface area contributed by atoms with Crippen molar-refractivity contribution in [1.29, 1.82) is 0 Å². The lowest BCUT2D eigenvalue weighted by Gasteiger charge is -2.28. The lowest BCUT2D eigenvalue weighted by Crippen LogP contribution is -2.38. The fourth-order valence-electron chi connectivity index (χ4n) is 2.11. The predicted molar refractivity (Wildman–Crippen MR) is 54.5 cm³/mol. The summed E-state index contributed by atoms with van der Waals surface area (Å²) in [5.74, 6) is 0.919. The van der Waals surface area contributed by atoms with Gasteiger partial charge in [0.2, 0.25) is 5.91 Å². The van der Waals surface area contributed by atoms with E-state index < -0.39 is 0 Å². The molecule has 76 valence electrons. The first-order chi connectivity index (χ1) is 6.24. The second-order valence-electron chi connectivity index (χ2n) is 4.11. The van der Waals surface area contributed by atoms with Gasteiger partial charge in [0.1, 0.15) is 0 Å². The Morgan fingerprint density at radius 3 is 2.54 bits per heavy atom. The lowest BCUT2D eigenvalue weighted by molar-refractivity contribution is -0.121. The van der Waals surface area contributed by atoms with E-state index in [0.29, 0.717) is 12.5 Å². The molecule has 0 aliphatic heterocycles. The number of amides is 1. The van der Waals surface area contributed by atoms with E-state index in [2.05, 4.69) is 12.2 Å². The summed E-state index contributed by atoms with van der Waals surface area (Å²) in [7, 11) is 0. The molecule has 0 aromatic heterocycles. The van der Waals surface area contributed by atoms with E-state index in [-0.39, 0.29) is 5.91 Å². The molecule has 1 N–H and O–H groups in total. The van der Waals surface area contributed by atoms with E-state index in [1.54, 1.807) is 0 Å². The Morgan fingerprint density at radius 2 is 2.00 bits per heavy atom. The molecule has 2 heteroatoms.